The molecule has 0 aromatic heterocycles. The minimum Gasteiger partial charge on any atom is -0.494 e. The Labute approximate surface area is 79.2 Å². The van der Waals surface area contributed by atoms with Gasteiger partial charge in [-0.3, -0.25) is 0 Å². The summed E-state index contributed by atoms with van der Waals surface area (Å²) in [6.07, 6.45) is 0.894. The van der Waals surface area contributed by atoms with Crippen molar-refractivity contribution in [1.82, 2.24) is 0 Å². The van der Waals surface area contributed by atoms with Crippen LogP contribution in [0.2, 0.25) is 0 Å². The lowest BCUT2D eigenvalue weighted by Crippen LogP contribution is -2.07. The van der Waals surface area contributed by atoms with Gasteiger partial charge in [0.05, 0.1) is 6.61 Å². The number of para-hydroxylation sites is 1. The first-order valence-corrected chi connectivity index (χ1v) is 4.61. The van der Waals surface area contributed by atoms with Gasteiger partial charge in [-0.05, 0) is 24.5 Å². The molecule has 1 aromatic carbocycles. The van der Waals surface area contributed by atoms with Crippen molar-refractivity contribution in [2.45, 2.75) is 13.3 Å². The molecule has 1 rings (SSSR count). The quantitative estimate of drug-likeness (QED) is 0.751. The number of hydrogen-bond acceptors (Lipinski definition) is 2. The van der Waals surface area contributed by atoms with Crippen molar-refractivity contribution in [2.75, 3.05) is 13.2 Å². The van der Waals surface area contributed by atoms with E-state index in [9.17, 15) is 0 Å². The van der Waals surface area contributed by atoms with E-state index in [1.165, 1.54) is 0 Å². The minimum atomic E-state index is 0.234. The lowest BCUT2D eigenvalue weighted by atomic mass is 10.1. The zero-order chi connectivity index (χ0) is 9.52. The van der Waals surface area contributed by atoms with E-state index in [2.05, 4.69) is 0 Å². The van der Waals surface area contributed by atoms with Gasteiger partial charge in [0.25, 0.3) is 0 Å². The van der Waals surface area contributed by atoms with Gasteiger partial charge in [-0.25, -0.2) is 0 Å². The summed E-state index contributed by atoms with van der Waals surface area (Å²) in [6.45, 7) is 2.91. The first kappa shape index (κ1) is 10.1. The molecule has 0 aliphatic heterocycles. The second-order valence-corrected chi connectivity index (χ2v) is 3.24. The summed E-state index contributed by atoms with van der Waals surface area (Å²) >= 11 is 0. The van der Waals surface area contributed by atoms with Gasteiger partial charge in [0.15, 0.2) is 0 Å². The number of ether oxygens (including phenoxy) is 1. The fourth-order valence-corrected chi connectivity index (χ4v) is 0.986. The average Bonchev–Trinajstić information content (AvgIpc) is 2.19. The predicted octanol–water partition coefficient (Wildman–Crippen LogP) is 2.08. The first-order chi connectivity index (χ1) is 6.33. The molecule has 1 N–H and O–H groups in total. The SMILES string of the molecule is C[C@H](CO)CCOc1ccccc1. The summed E-state index contributed by atoms with van der Waals surface area (Å²) in [5.41, 5.74) is 0. The second kappa shape index (κ2) is 5.60. The van der Waals surface area contributed by atoms with Gasteiger partial charge in [0, 0.05) is 6.61 Å². The Hall–Kier alpha value is -1.02. The summed E-state index contributed by atoms with van der Waals surface area (Å²) in [5, 5.41) is 8.78. The van der Waals surface area contributed by atoms with Gasteiger partial charge in [0.1, 0.15) is 5.75 Å². The van der Waals surface area contributed by atoms with Crippen molar-refractivity contribution in [3.8, 4) is 5.75 Å². The average molecular weight is 180 g/mol. The lowest BCUT2D eigenvalue weighted by Gasteiger charge is -2.08. The maximum atomic E-state index is 8.78. The molecule has 0 aliphatic rings. The molecule has 2 nitrogen and oxygen atoms in total. The lowest BCUT2D eigenvalue weighted by molar-refractivity contribution is 0.202. The van der Waals surface area contributed by atoms with Crippen LogP contribution in [0.15, 0.2) is 30.3 Å². The topological polar surface area (TPSA) is 29.5 Å². The van der Waals surface area contributed by atoms with Crippen LogP contribution in [0.5, 0.6) is 5.75 Å². The van der Waals surface area contributed by atoms with Crippen LogP contribution in [0.1, 0.15) is 13.3 Å². The number of hydrogen-bond donors (Lipinski definition) is 1. The molecule has 0 spiro atoms. The summed E-state index contributed by atoms with van der Waals surface area (Å²) in [4.78, 5) is 0. The van der Waals surface area contributed by atoms with E-state index in [-0.39, 0.29) is 6.61 Å². The standard InChI is InChI=1S/C11H16O2/c1-10(9-12)7-8-13-11-5-3-2-4-6-11/h2-6,10,12H,7-9H2,1H3/t10-/m0/s1. The van der Waals surface area contributed by atoms with E-state index in [4.69, 9.17) is 9.84 Å². The van der Waals surface area contributed by atoms with Gasteiger partial charge < -0.3 is 9.84 Å². The highest BCUT2D eigenvalue weighted by atomic mass is 16.5. The number of rotatable bonds is 5. The van der Waals surface area contributed by atoms with Gasteiger partial charge in [0.2, 0.25) is 0 Å². The maximum Gasteiger partial charge on any atom is 0.119 e. The minimum absolute atomic E-state index is 0.234. The van der Waals surface area contributed by atoms with Crippen LogP contribution in [0.25, 0.3) is 0 Å². The van der Waals surface area contributed by atoms with Crippen LogP contribution in [-0.2, 0) is 0 Å². The molecule has 0 aliphatic carbocycles. The third-order valence-electron chi connectivity index (χ3n) is 1.93. The second-order valence-electron chi connectivity index (χ2n) is 3.24. The van der Waals surface area contributed by atoms with Crippen LogP contribution in [0.4, 0.5) is 0 Å². The van der Waals surface area contributed by atoms with E-state index < -0.39 is 0 Å². The first-order valence-electron chi connectivity index (χ1n) is 4.61. The third kappa shape index (κ3) is 3.95. The monoisotopic (exact) mass is 180 g/mol. The van der Waals surface area contributed by atoms with Gasteiger partial charge in [-0.15, -0.1) is 0 Å². The summed E-state index contributed by atoms with van der Waals surface area (Å²) in [6, 6.07) is 9.73. The number of benzene rings is 1. The fraction of sp³-hybridized carbons (Fsp3) is 0.455. The highest BCUT2D eigenvalue weighted by Crippen LogP contribution is 2.09. The van der Waals surface area contributed by atoms with Crippen LogP contribution in [0, 0.1) is 5.92 Å². The summed E-state index contributed by atoms with van der Waals surface area (Å²) in [7, 11) is 0. The molecule has 0 amide bonds. The molecular weight excluding hydrogens is 164 g/mol. The number of aliphatic hydroxyl groups is 1. The Morgan fingerprint density at radius 3 is 2.62 bits per heavy atom. The van der Waals surface area contributed by atoms with Crippen molar-refractivity contribution >= 4 is 0 Å². The third-order valence-corrected chi connectivity index (χ3v) is 1.93. The van der Waals surface area contributed by atoms with E-state index in [0.29, 0.717) is 12.5 Å². The Kier molecular flexibility index (Phi) is 4.33. The molecule has 1 atom stereocenters. The highest BCUT2D eigenvalue weighted by Gasteiger charge is 1.99. The molecule has 0 saturated heterocycles. The van der Waals surface area contributed by atoms with Gasteiger partial charge >= 0.3 is 0 Å². The van der Waals surface area contributed by atoms with Crippen molar-refractivity contribution in [1.29, 1.82) is 0 Å². The molecule has 0 bridgehead atoms. The maximum absolute atomic E-state index is 8.78. The smallest absolute Gasteiger partial charge is 0.119 e. The molecule has 0 radical (unpaired) electrons. The van der Waals surface area contributed by atoms with Gasteiger partial charge in [-0.1, -0.05) is 25.1 Å². The summed E-state index contributed by atoms with van der Waals surface area (Å²) < 4.78 is 5.47. The normalized spacial score (nSPS) is 12.5. The van der Waals surface area contributed by atoms with Crippen LogP contribution < -0.4 is 4.74 Å². The predicted molar refractivity (Wildman–Crippen MR) is 52.8 cm³/mol. The number of aliphatic hydroxyl groups excluding tert-OH is 1. The zero-order valence-corrected chi connectivity index (χ0v) is 7.94. The van der Waals surface area contributed by atoms with Crippen LogP contribution in [-0.4, -0.2) is 18.3 Å². The zero-order valence-electron chi connectivity index (χ0n) is 7.94. The molecule has 0 fully saturated rings. The van der Waals surface area contributed by atoms with Crippen molar-refractivity contribution in [3.63, 3.8) is 0 Å². The Morgan fingerprint density at radius 1 is 1.31 bits per heavy atom. The van der Waals surface area contributed by atoms with Crippen LogP contribution in [0.3, 0.4) is 0 Å². The Morgan fingerprint density at radius 2 is 2.00 bits per heavy atom. The molecule has 0 saturated carbocycles. The molecular formula is C11H16O2. The van der Waals surface area contributed by atoms with Gasteiger partial charge in [-0.2, -0.15) is 0 Å². The van der Waals surface area contributed by atoms with Crippen LogP contribution >= 0.6 is 0 Å². The molecule has 72 valence electrons. The van der Waals surface area contributed by atoms with E-state index in [1.807, 2.05) is 37.3 Å². The molecule has 0 heterocycles. The Balaban J connectivity index is 2.20. The van der Waals surface area contributed by atoms with E-state index in [0.717, 1.165) is 12.2 Å². The van der Waals surface area contributed by atoms with Crippen molar-refractivity contribution in [3.05, 3.63) is 30.3 Å². The molecule has 13 heavy (non-hydrogen) atoms. The van der Waals surface area contributed by atoms with Crippen molar-refractivity contribution in [2.24, 2.45) is 5.92 Å². The molecule has 2 heteroatoms. The molecule has 1 aromatic rings. The van der Waals surface area contributed by atoms with E-state index in [1.54, 1.807) is 0 Å². The molecule has 0 unspecified atom stereocenters. The fourth-order valence-electron chi connectivity index (χ4n) is 0.986. The largest absolute Gasteiger partial charge is 0.494 e. The van der Waals surface area contributed by atoms with Crippen molar-refractivity contribution < 1.29 is 9.84 Å². The Bertz CT molecular complexity index is 221. The summed E-state index contributed by atoms with van der Waals surface area (Å²) in [5.74, 6) is 1.22. The van der Waals surface area contributed by atoms with E-state index >= 15 is 0 Å². The highest BCUT2D eigenvalue weighted by molar-refractivity contribution is 5.20.